The first kappa shape index (κ1) is 20.9. The molecule has 31 heavy (non-hydrogen) atoms. The molecule has 8 heteroatoms. The van der Waals surface area contributed by atoms with Gasteiger partial charge in [-0.25, -0.2) is 9.78 Å². The third kappa shape index (κ3) is 4.54. The van der Waals surface area contributed by atoms with Crippen LogP contribution < -0.4 is 4.74 Å². The number of carboxylic acids is 1. The number of piperidine rings is 1. The fourth-order valence-corrected chi connectivity index (χ4v) is 4.06. The minimum absolute atomic E-state index is 0.0754. The molecule has 0 aliphatic carbocycles. The van der Waals surface area contributed by atoms with Crippen molar-refractivity contribution in [3.8, 4) is 17.0 Å². The highest BCUT2D eigenvalue weighted by Crippen LogP contribution is 2.33. The topological polar surface area (TPSA) is 93.4 Å². The second kappa shape index (κ2) is 9.18. The van der Waals surface area contributed by atoms with Gasteiger partial charge in [0.2, 0.25) is 5.91 Å². The molecule has 0 bridgehead atoms. The zero-order chi connectivity index (χ0) is 21.8. The molecule has 1 saturated heterocycles. The van der Waals surface area contributed by atoms with Gasteiger partial charge in [0.1, 0.15) is 24.8 Å². The van der Waals surface area contributed by atoms with Crippen LogP contribution in [0.3, 0.4) is 0 Å². The smallest absolute Gasteiger partial charge is 0.329 e. The van der Waals surface area contributed by atoms with Crippen molar-refractivity contribution in [1.29, 1.82) is 0 Å². The molecule has 1 atom stereocenters. The summed E-state index contributed by atoms with van der Waals surface area (Å²) in [6, 6.07) is 13.8. The molecule has 0 spiro atoms. The molecule has 2 aromatic heterocycles. The van der Waals surface area contributed by atoms with Crippen LogP contribution in [-0.4, -0.2) is 64.7 Å². The van der Waals surface area contributed by atoms with Crippen LogP contribution >= 0.6 is 0 Å². The van der Waals surface area contributed by atoms with Crippen molar-refractivity contribution in [2.75, 3.05) is 33.4 Å². The second-order valence-corrected chi connectivity index (χ2v) is 7.57. The third-order valence-electron chi connectivity index (χ3n) is 5.51. The van der Waals surface area contributed by atoms with Crippen LogP contribution in [0.1, 0.15) is 24.6 Å². The van der Waals surface area contributed by atoms with E-state index in [9.17, 15) is 9.59 Å². The molecular formula is C23H25N3O5. The van der Waals surface area contributed by atoms with Crippen molar-refractivity contribution >= 4 is 17.4 Å². The number of nitrogens with zero attached hydrogens (tertiary/aromatic N) is 3. The lowest BCUT2D eigenvalue weighted by Gasteiger charge is -2.32. The van der Waals surface area contributed by atoms with E-state index in [0.717, 1.165) is 41.2 Å². The Morgan fingerprint density at radius 2 is 2.06 bits per heavy atom. The highest BCUT2D eigenvalue weighted by molar-refractivity contribution is 5.79. The average molecular weight is 423 g/mol. The Kier molecular flexibility index (Phi) is 6.18. The number of carboxylic acid groups (broad SMARTS) is 1. The molecule has 4 rings (SSSR count). The van der Waals surface area contributed by atoms with Crippen molar-refractivity contribution in [2.45, 2.75) is 18.8 Å². The highest BCUT2D eigenvalue weighted by atomic mass is 16.5. The maximum Gasteiger partial charge on any atom is 0.329 e. The molecule has 1 aromatic carbocycles. The monoisotopic (exact) mass is 423 g/mol. The zero-order valence-corrected chi connectivity index (χ0v) is 17.4. The maximum atomic E-state index is 12.5. The number of aliphatic carboxylic acids is 1. The molecule has 1 N–H and O–H groups in total. The number of rotatable bonds is 7. The summed E-state index contributed by atoms with van der Waals surface area (Å²) in [5, 5.41) is 8.69. The van der Waals surface area contributed by atoms with Crippen molar-refractivity contribution in [3.05, 3.63) is 54.5 Å². The number of ether oxygens (including phenoxy) is 2. The molecular weight excluding hydrogens is 398 g/mol. The molecule has 1 fully saturated rings. The number of fused-ring (bicyclic) bond motifs is 1. The molecule has 3 aromatic rings. The summed E-state index contributed by atoms with van der Waals surface area (Å²) in [5.41, 5.74) is 2.85. The first-order chi connectivity index (χ1) is 15.1. The van der Waals surface area contributed by atoms with Gasteiger partial charge in [0.25, 0.3) is 0 Å². The molecule has 1 aliphatic rings. The van der Waals surface area contributed by atoms with Gasteiger partial charge in [-0.05, 0) is 37.1 Å². The lowest BCUT2D eigenvalue weighted by molar-refractivity contribution is -0.146. The van der Waals surface area contributed by atoms with E-state index in [4.69, 9.17) is 19.6 Å². The van der Waals surface area contributed by atoms with Gasteiger partial charge in [0, 0.05) is 30.8 Å². The minimum atomic E-state index is -1.08. The van der Waals surface area contributed by atoms with Crippen molar-refractivity contribution in [3.63, 3.8) is 0 Å². The second-order valence-electron chi connectivity index (χ2n) is 7.57. The lowest BCUT2D eigenvalue weighted by atomic mass is 9.97. The normalized spacial score (nSPS) is 16.4. The van der Waals surface area contributed by atoms with Crippen LogP contribution in [0.5, 0.6) is 5.75 Å². The molecule has 162 valence electrons. The number of carbonyl (C=O) groups is 2. The number of benzene rings is 1. The number of amides is 1. The van der Waals surface area contributed by atoms with Crippen LogP contribution in [0.4, 0.5) is 0 Å². The summed E-state index contributed by atoms with van der Waals surface area (Å²) < 4.78 is 12.4. The molecule has 1 amide bonds. The predicted octanol–water partition coefficient (Wildman–Crippen LogP) is 2.82. The largest absolute Gasteiger partial charge is 0.497 e. The van der Waals surface area contributed by atoms with Gasteiger partial charge in [0.15, 0.2) is 0 Å². The standard InChI is InChI=1S/C23H25N3O5/c1-30-18-8-4-6-16(12-18)22-19-9-2-3-11-26(19)23(24-22)17-7-5-10-25(13-17)20(27)14-31-15-21(28)29/h2-4,6,8-9,11-12,17H,5,7,10,13-15H2,1H3,(H,28,29). The van der Waals surface area contributed by atoms with Crippen LogP contribution in [0.25, 0.3) is 16.8 Å². The summed E-state index contributed by atoms with van der Waals surface area (Å²) in [6.07, 6.45) is 3.77. The fourth-order valence-electron chi connectivity index (χ4n) is 4.06. The average Bonchev–Trinajstić information content (AvgIpc) is 3.19. The van der Waals surface area contributed by atoms with Gasteiger partial charge in [-0.2, -0.15) is 0 Å². The van der Waals surface area contributed by atoms with Gasteiger partial charge in [-0.1, -0.05) is 18.2 Å². The molecule has 0 saturated carbocycles. The molecule has 1 aliphatic heterocycles. The summed E-state index contributed by atoms with van der Waals surface area (Å²) in [5.74, 6) is 0.480. The number of carbonyl (C=O) groups excluding carboxylic acids is 1. The van der Waals surface area contributed by atoms with Gasteiger partial charge in [0.05, 0.1) is 18.3 Å². The molecule has 0 radical (unpaired) electrons. The Morgan fingerprint density at radius 3 is 2.87 bits per heavy atom. The summed E-state index contributed by atoms with van der Waals surface area (Å²) in [4.78, 5) is 29.8. The maximum absolute atomic E-state index is 12.5. The SMILES string of the molecule is COc1cccc(-c2nc(C3CCCN(C(=O)COCC(=O)O)C3)n3ccccc23)c1. The van der Waals surface area contributed by atoms with Crippen LogP contribution in [0.15, 0.2) is 48.7 Å². The van der Waals surface area contributed by atoms with Gasteiger partial charge < -0.3 is 23.9 Å². The number of methoxy groups -OCH3 is 1. The Hall–Kier alpha value is -3.39. The van der Waals surface area contributed by atoms with Crippen molar-refractivity contribution < 1.29 is 24.2 Å². The quantitative estimate of drug-likeness (QED) is 0.628. The van der Waals surface area contributed by atoms with E-state index < -0.39 is 12.6 Å². The molecule has 1 unspecified atom stereocenters. The van der Waals surface area contributed by atoms with E-state index in [2.05, 4.69) is 4.40 Å². The van der Waals surface area contributed by atoms with E-state index >= 15 is 0 Å². The Bertz CT molecular complexity index is 1090. The molecule has 8 nitrogen and oxygen atoms in total. The summed E-state index contributed by atoms with van der Waals surface area (Å²) in [6.45, 7) is 0.465. The zero-order valence-electron chi connectivity index (χ0n) is 17.4. The van der Waals surface area contributed by atoms with Crippen LogP contribution in [0.2, 0.25) is 0 Å². The lowest BCUT2D eigenvalue weighted by Crippen LogP contribution is -2.41. The number of imidazole rings is 1. The number of hydrogen-bond acceptors (Lipinski definition) is 5. The van der Waals surface area contributed by atoms with E-state index in [0.29, 0.717) is 13.1 Å². The Morgan fingerprint density at radius 1 is 1.19 bits per heavy atom. The number of pyridine rings is 1. The number of likely N-dealkylation sites (tertiary alicyclic amines) is 1. The van der Waals surface area contributed by atoms with Crippen LogP contribution in [-0.2, 0) is 14.3 Å². The summed E-state index contributed by atoms with van der Waals surface area (Å²) in [7, 11) is 1.64. The fraction of sp³-hybridized carbons (Fsp3) is 0.348. The van der Waals surface area contributed by atoms with E-state index in [1.165, 1.54) is 0 Å². The van der Waals surface area contributed by atoms with Gasteiger partial charge >= 0.3 is 5.97 Å². The number of hydrogen-bond donors (Lipinski definition) is 1. The van der Waals surface area contributed by atoms with E-state index in [-0.39, 0.29) is 18.4 Å². The first-order valence-corrected chi connectivity index (χ1v) is 10.3. The van der Waals surface area contributed by atoms with Gasteiger partial charge in [-0.15, -0.1) is 0 Å². The Labute approximate surface area is 180 Å². The van der Waals surface area contributed by atoms with Gasteiger partial charge in [-0.3, -0.25) is 4.79 Å². The number of aromatic nitrogens is 2. The highest BCUT2D eigenvalue weighted by Gasteiger charge is 2.28. The van der Waals surface area contributed by atoms with Crippen molar-refractivity contribution in [1.82, 2.24) is 14.3 Å². The minimum Gasteiger partial charge on any atom is -0.497 e. The van der Waals surface area contributed by atoms with Crippen LogP contribution in [0, 0.1) is 0 Å². The predicted molar refractivity (Wildman–Crippen MR) is 114 cm³/mol. The van der Waals surface area contributed by atoms with E-state index in [1.807, 2.05) is 48.7 Å². The Balaban J connectivity index is 1.60. The summed E-state index contributed by atoms with van der Waals surface area (Å²) >= 11 is 0. The van der Waals surface area contributed by atoms with E-state index in [1.54, 1.807) is 12.0 Å². The first-order valence-electron chi connectivity index (χ1n) is 10.3. The third-order valence-corrected chi connectivity index (χ3v) is 5.51. The van der Waals surface area contributed by atoms with Crippen molar-refractivity contribution in [2.24, 2.45) is 0 Å². The molecule has 3 heterocycles.